The number of nitrogens with one attached hydrogen (secondary N) is 1. The van der Waals surface area contributed by atoms with Crippen molar-refractivity contribution in [3.63, 3.8) is 0 Å². The molecule has 0 aliphatic rings. The molecule has 0 spiro atoms. The molecular weight excluding hydrogens is 268 g/mol. The van der Waals surface area contributed by atoms with E-state index >= 15 is 0 Å². The van der Waals surface area contributed by atoms with E-state index in [0.29, 0.717) is 5.56 Å². The number of nitrogens with two attached hydrogens (primary N) is 1. The van der Waals surface area contributed by atoms with E-state index in [1.165, 1.54) is 0 Å². The van der Waals surface area contributed by atoms with Gasteiger partial charge in [-0.3, -0.25) is 4.79 Å². The van der Waals surface area contributed by atoms with Gasteiger partial charge in [-0.15, -0.1) is 11.8 Å². The number of carbonyl (C=O) groups excluding carboxylic acids is 1. The number of H-pyrrole nitrogens is 1. The highest BCUT2D eigenvalue weighted by Gasteiger charge is 2.09. The van der Waals surface area contributed by atoms with Crippen molar-refractivity contribution in [3.05, 3.63) is 54.2 Å². The number of aromatic nitrogens is 1. The van der Waals surface area contributed by atoms with Gasteiger partial charge >= 0.3 is 0 Å². The van der Waals surface area contributed by atoms with Crippen molar-refractivity contribution < 1.29 is 4.79 Å². The Balaban J connectivity index is 2.20. The van der Waals surface area contributed by atoms with Gasteiger partial charge < -0.3 is 10.7 Å². The van der Waals surface area contributed by atoms with Crippen LogP contribution in [0.2, 0.25) is 0 Å². The zero-order valence-corrected chi connectivity index (χ0v) is 11.8. The molecule has 2 aromatic carbocycles. The molecule has 0 atom stereocenters. The number of carbonyl (C=O) groups is 1. The molecule has 1 heterocycles. The fourth-order valence-electron chi connectivity index (χ4n) is 2.31. The van der Waals surface area contributed by atoms with Crippen molar-refractivity contribution in [2.24, 2.45) is 5.73 Å². The lowest BCUT2D eigenvalue weighted by atomic mass is 10.0. The summed E-state index contributed by atoms with van der Waals surface area (Å²) in [5, 5.41) is 1.15. The van der Waals surface area contributed by atoms with Gasteiger partial charge in [0, 0.05) is 22.2 Å². The fraction of sp³-hybridized carbons (Fsp3) is 0.0625. The van der Waals surface area contributed by atoms with Crippen molar-refractivity contribution in [1.82, 2.24) is 4.98 Å². The average Bonchev–Trinajstić information content (AvgIpc) is 2.93. The molecule has 3 N–H and O–H groups in total. The van der Waals surface area contributed by atoms with E-state index in [1.807, 2.05) is 36.7 Å². The van der Waals surface area contributed by atoms with Gasteiger partial charge in [0.15, 0.2) is 0 Å². The van der Waals surface area contributed by atoms with E-state index in [2.05, 4.69) is 17.1 Å². The zero-order valence-electron chi connectivity index (χ0n) is 11.0. The normalized spacial score (nSPS) is 10.8. The number of hydrogen-bond acceptors (Lipinski definition) is 2. The predicted octanol–water partition coefficient (Wildman–Crippen LogP) is 3.66. The first-order valence-corrected chi connectivity index (χ1v) is 7.47. The second-order valence-corrected chi connectivity index (χ2v) is 5.41. The van der Waals surface area contributed by atoms with Gasteiger partial charge in [0.05, 0.1) is 0 Å². The fourth-order valence-corrected chi connectivity index (χ4v) is 2.91. The van der Waals surface area contributed by atoms with Crippen LogP contribution in [0, 0.1) is 0 Å². The summed E-state index contributed by atoms with van der Waals surface area (Å²) in [7, 11) is 0. The van der Waals surface area contributed by atoms with Crippen LogP contribution in [0.15, 0.2) is 53.6 Å². The highest BCUT2D eigenvalue weighted by atomic mass is 32.2. The number of thioether (sulfide) groups is 1. The largest absolute Gasteiger partial charge is 0.366 e. The molecule has 1 aromatic heterocycles. The average molecular weight is 282 g/mol. The van der Waals surface area contributed by atoms with Crippen LogP contribution >= 0.6 is 11.8 Å². The van der Waals surface area contributed by atoms with E-state index < -0.39 is 5.91 Å². The smallest absolute Gasteiger partial charge is 0.248 e. The summed E-state index contributed by atoms with van der Waals surface area (Å²) in [5.74, 6) is -0.401. The molecule has 0 unspecified atom stereocenters. The van der Waals surface area contributed by atoms with Crippen molar-refractivity contribution >= 4 is 28.6 Å². The van der Waals surface area contributed by atoms with Gasteiger partial charge in [-0.1, -0.05) is 6.07 Å². The van der Waals surface area contributed by atoms with E-state index in [0.717, 1.165) is 26.9 Å². The third kappa shape index (κ3) is 2.18. The molecule has 0 aliphatic carbocycles. The number of benzene rings is 2. The molecule has 3 rings (SSSR count). The van der Waals surface area contributed by atoms with Gasteiger partial charge in [-0.2, -0.15) is 0 Å². The van der Waals surface area contributed by atoms with Gasteiger partial charge in [0.25, 0.3) is 0 Å². The number of rotatable bonds is 3. The van der Waals surface area contributed by atoms with Crippen LogP contribution < -0.4 is 5.73 Å². The Morgan fingerprint density at radius 3 is 2.75 bits per heavy atom. The second kappa shape index (κ2) is 5.06. The van der Waals surface area contributed by atoms with Gasteiger partial charge in [0.2, 0.25) is 5.91 Å². The third-order valence-electron chi connectivity index (χ3n) is 3.35. The zero-order chi connectivity index (χ0) is 14.1. The summed E-state index contributed by atoms with van der Waals surface area (Å²) < 4.78 is 0. The van der Waals surface area contributed by atoms with Crippen LogP contribution in [0.1, 0.15) is 10.4 Å². The molecule has 0 bridgehead atoms. The summed E-state index contributed by atoms with van der Waals surface area (Å²) in [6.45, 7) is 0. The first-order chi connectivity index (χ1) is 9.69. The third-order valence-corrected chi connectivity index (χ3v) is 4.14. The molecule has 1 amide bonds. The lowest BCUT2D eigenvalue weighted by molar-refractivity contribution is 0.100. The maximum absolute atomic E-state index is 11.4. The van der Waals surface area contributed by atoms with E-state index in [-0.39, 0.29) is 0 Å². The van der Waals surface area contributed by atoms with E-state index in [9.17, 15) is 4.79 Å². The van der Waals surface area contributed by atoms with Gasteiger partial charge in [-0.05, 0) is 59.2 Å². The number of fused-ring (bicyclic) bond motifs is 1. The molecule has 0 saturated carbocycles. The highest BCUT2D eigenvalue weighted by molar-refractivity contribution is 7.98. The quantitative estimate of drug-likeness (QED) is 0.720. The van der Waals surface area contributed by atoms with E-state index in [4.69, 9.17) is 5.73 Å². The summed E-state index contributed by atoms with van der Waals surface area (Å²) in [6.07, 6.45) is 3.95. The molecule has 3 aromatic rings. The topological polar surface area (TPSA) is 58.9 Å². The molecule has 0 aliphatic heterocycles. The molecule has 3 nitrogen and oxygen atoms in total. The Bertz CT molecular complexity index is 792. The minimum Gasteiger partial charge on any atom is -0.366 e. The molecular formula is C16H14N2OS. The van der Waals surface area contributed by atoms with Crippen LogP contribution in [0.4, 0.5) is 0 Å². The monoisotopic (exact) mass is 282 g/mol. The lowest BCUT2D eigenvalue weighted by Crippen LogP contribution is -2.10. The van der Waals surface area contributed by atoms with Gasteiger partial charge in [-0.25, -0.2) is 0 Å². The number of hydrogen-bond donors (Lipinski definition) is 2. The summed E-state index contributed by atoms with van der Waals surface area (Å²) in [6, 6.07) is 13.8. The summed E-state index contributed by atoms with van der Waals surface area (Å²) in [4.78, 5) is 15.7. The molecule has 4 heteroatoms. The minimum atomic E-state index is -0.401. The van der Waals surface area contributed by atoms with Crippen molar-refractivity contribution in [2.45, 2.75) is 4.90 Å². The van der Waals surface area contributed by atoms with E-state index in [1.54, 1.807) is 17.8 Å². The Morgan fingerprint density at radius 2 is 2.00 bits per heavy atom. The molecule has 20 heavy (non-hydrogen) atoms. The second-order valence-electron chi connectivity index (χ2n) is 4.56. The van der Waals surface area contributed by atoms with Gasteiger partial charge in [0.1, 0.15) is 0 Å². The predicted molar refractivity (Wildman–Crippen MR) is 84.0 cm³/mol. The standard InChI is InChI=1S/C16H14N2OS/c1-20-15-5-3-12(16(17)19)9-13(15)10-2-4-14-11(8-10)6-7-18-14/h2-9,18H,1H3,(H2,17,19). The molecule has 0 radical (unpaired) electrons. The minimum absolute atomic E-state index is 0.401. The summed E-state index contributed by atoms with van der Waals surface area (Å²) >= 11 is 1.66. The Labute approximate surface area is 121 Å². The maximum Gasteiger partial charge on any atom is 0.248 e. The number of amides is 1. The molecule has 0 fully saturated rings. The summed E-state index contributed by atoms with van der Waals surface area (Å²) in [5.41, 5.74) is 9.14. The first-order valence-electron chi connectivity index (χ1n) is 6.24. The molecule has 100 valence electrons. The lowest BCUT2D eigenvalue weighted by Gasteiger charge is -2.09. The number of primary amides is 1. The van der Waals surface area contributed by atoms with Crippen LogP contribution in [0.5, 0.6) is 0 Å². The Hall–Kier alpha value is -2.20. The highest BCUT2D eigenvalue weighted by Crippen LogP contribution is 2.32. The van der Waals surface area contributed by atoms with Crippen LogP contribution in [0.25, 0.3) is 22.0 Å². The van der Waals surface area contributed by atoms with Crippen molar-refractivity contribution in [2.75, 3.05) is 6.26 Å². The van der Waals surface area contributed by atoms with Crippen molar-refractivity contribution in [3.8, 4) is 11.1 Å². The molecule has 0 saturated heterocycles. The Kier molecular flexibility index (Phi) is 3.24. The van der Waals surface area contributed by atoms with Crippen LogP contribution in [0.3, 0.4) is 0 Å². The number of aromatic amines is 1. The van der Waals surface area contributed by atoms with Crippen molar-refractivity contribution in [1.29, 1.82) is 0 Å². The Morgan fingerprint density at radius 1 is 1.15 bits per heavy atom. The maximum atomic E-state index is 11.4. The first kappa shape index (κ1) is 12.8. The van der Waals surface area contributed by atoms with Crippen LogP contribution in [-0.2, 0) is 0 Å². The van der Waals surface area contributed by atoms with Crippen LogP contribution in [-0.4, -0.2) is 17.1 Å². The SMILES string of the molecule is CSc1ccc(C(N)=O)cc1-c1ccc2[nH]ccc2c1.